The zero-order chi connectivity index (χ0) is 18.4. The van der Waals surface area contributed by atoms with E-state index in [0.29, 0.717) is 17.9 Å². The van der Waals surface area contributed by atoms with Crippen LogP contribution in [0.25, 0.3) is 11.3 Å². The van der Waals surface area contributed by atoms with Gasteiger partial charge in [-0.25, -0.2) is 4.98 Å². The molecule has 0 saturated carbocycles. The summed E-state index contributed by atoms with van der Waals surface area (Å²) in [4.78, 5) is 21.0. The molecule has 134 valence electrons. The quantitative estimate of drug-likeness (QED) is 0.677. The van der Waals surface area contributed by atoms with Crippen LogP contribution in [-0.4, -0.2) is 37.7 Å². The van der Waals surface area contributed by atoms with Gasteiger partial charge in [0.2, 0.25) is 0 Å². The monoisotopic (exact) mass is 351 g/mol. The molecule has 26 heavy (non-hydrogen) atoms. The Morgan fingerprint density at radius 2 is 1.92 bits per heavy atom. The second kappa shape index (κ2) is 8.19. The van der Waals surface area contributed by atoms with Crippen LogP contribution in [-0.2, 0) is 13.1 Å². The van der Waals surface area contributed by atoms with E-state index in [2.05, 4.69) is 37.7 Å². The second-order valence-corrected chi connectivity index (χ2v) is 5.70. The number of rotatable bonds is 7. The molecule has 1 amide bonds. The van der Waals surface area contributed by atoms with Crippen molar-refractivity contribution in [3.05, 3.63) is 54.4 Å². The highest BCUT2D eigenvalue weighted by Gasteiger charge is 2.11. The highest BCUT2D eigenvalue weighted by Crippen LogP contribution is 2.23. The molecule has 0 fully saturated rings. The number of carbonyl (C=O) groups excluding carboxylic acids is 1. The van der Waals surface area contributed by atoms with E-state index in [1.54, 1.807) is 37.9 Å². The summed E-state index contributed by atoms with van der Waals surface area (Å²) in [6, 6.07) is 7.27. The van der Waals surface area contributed by atoms with Crippen molar-refractivity contribution < 1.29 is 4.79 Å². The molecule has 1 aromatic carbocycles. The molecule has 2 N–H and O–H groups in total. The van der Waals surface area contributed by atoms with Crippen LogP contribution < -0.4 is 10.6 Å². The summed E-state index contributed by atoms with van der Waals surface area (Å²) in [5, 5.41) is 13.8. The van der Waals surface area contributed by atoms with Crippen molar-refractivity contribution in [3.8, 4) is 11.3 Å². The summed E-state index contributed by atoms with van der Waals surface area (Å²) in [6.07, 6.45) is 5.94. The number of nitrogens with zero attached hydrogens (tertiary/aromatic N) is 5. The molecule has 8 nitrogen and oxygen atoms in total. The SMILES string of the molecule is CCCn1cnnc1CNC(=O)c1ccc(-c2nccnc2NC)cc1. The van der Waals surface area contributed by atoms with Gasteiger partial charge in [-0.2, -0.15) is 0 Å². The van der Waals surface area contributed by atoms with Crippen molar-refractivity contribution in [2.45, 2.75) is 26.4 Å². The average molecular weight is 351 g/mol. The molecule has 0 aliphatic rings. The Hall–Kier alpha value is -3.29. The van der Waals surface area contributed by atoms with Gasteiger partial charge in [0, 0.05) is 37.1 Å². The Kier molecular flexibility index (Phi) is 5.52. The predicted molar refractivity (Wildman–Crippen MR) is 98.5 cm³/mol. The van der Waals surface area contributed by atoms with E-state index in [1.165, 1.54) is 0 Å². The molecule has 0 atom stereocenters. The van der Waals surface area contributed by atoms with Crippen molar-refractivity contribution >= 4 is 11.7 Å². The molecule has 0 spiro atoms. The van der Waals surface area contributed by atoms with Crippen LogP contribution in [0.3, 0.4) is 0 Å². The van der Waals surface area contributed by atoms with E-state index in [0.717, 1.165) is 30.0 Å². The predicted octanol–water partition coefficient (Wildman–Crippen LogP) is 2.12. The largest absolute Gasteiger partial charge is 0.371 e. The van der Waals surface area contributed by atoms with Crippen molar-refractivity contribution in [1.82, 2.24) is 30.0 Å². The highest BCUT2D eigenvalue weighted by molar-refractivity contribution is 5.94. The third-order valence-electron chi connectivity index (χ3n) is 3.92. The average Bonchev–Trinajstić information content (AvgIpc) is 3.13. The van der Waals surface area contributed by atoms with Crippen LogP contribution >= 0.6 is 0 Å². The van der Waals surface area contributed by atoms with Gasteiger partial charge in [0.05, 0.1) is 6.54 Å². The molecule has 3 aromatic rings. The number of amides is 1. The molecule has 0 aliphatic carbocycles. The van der Waals surface area contributed by atoms with Gasteiger partial charge in [-0.15, -0.1) is 10.2 Å². The Morgan fingerprint density at radius 1 is 1.15 bits per heavy atom. The Bertz CT molecular complexity index is 873. The van der Waals surface area contributed by atoms with E-state index in [4.69, 9.17) is 0 Å². The molecule has 3 rings (SSSR count). The van der Waals surface area contributed by atoms with E-state index < -0.39 is 0 Å². The lowest BCUT2D eigenvalue weighted by Gasteiger charge is -2.09. The summed E-state index contributed by atoms with van der Waals surface area (Å²) in [6.45, 7) is 3.26. The van der Waals surface area contributed by atoms with Crippen LogP contribution in [0.2, 0.25) is 0 Å². The Morgan fingerprint density at radius 3 is 2.65 bits per heavy atom. The molecule has 2 aromatic heterocycles. The van der Waals surface area contributed by atoms with Gasteiger partial charge >= 0.3 is 0 Å². The lowest BCUT2D eigenvalue weighted by atomic mass is 10.1. The van der Waals surface area contributed by atoms with Gasteiger partial charge in [-0.1, -0.05) is 19.1 Å². The molecule has 0 bridgehead atoms. The first-order valence-electron chi connectivity index (χ1n) is 8.47. The van der Waals surface area contributed by atoms with E-state index in [9.17, 15) is 4.79 Å². The van der Waals surface area contributed by atoms with E-state index >= 15 is 0 Å². The van der Waals surface area contributed by atoms with Crippen molar-refractivity contribution in [1.29, 1.82) is 0 Å². The minimum atomic E-state index is -0.157. The number of carbonyl (C=O) groups is 1. The summed E-state index contributed by atoms with van der Waals surface area (Å²) in [5.41, 5.74) is 2.21. The maximum Gasteiger partial charge on any atom is 0.251 e. The molecule has 0 aliphatic heterocycles. The Labute approximate surface area is 151 Å². The first kappa shape index (κ1) is 17.5. The second-order valence-electron chi connectivity index (χ2n) is 5.70. The Balaban J connectivity index is 1.68. The van der Waals surface area contributed by atoms with Gasteiger partial charge in [-0.05, 0) is 18.6 Å². The van der Waals surface area contributed by atoms with Crippen molar-refractivity contribution in [2.75, 3.05) is 12.4 Å². The zero-order valence-electron chi connectivity index (χ0n) is 14.8. The highest BCUT2D eigenvalue weighted by atomic mass is 16.1. The van der Waals surface area contributed by atoms with Gasteiger partial charge in [0.1, 0.15) is 12.0 Å². The van der Waals surface area contributed by atoms with Gasteiger partial charge in [0.25, 0.3) is 5.91 Å². The maximum absolute atomic E-state index is 12.4. The van der Waals surface area contributed by atoms with E-state index in [-0.39, 0.29) is 5.91 Å². The molecular weight excluding hydrogens is 330 g/mol. The minimum absolute atomic E-state index is 0.157. The molecule has 2 heterocycles. The van der Waals surface area contributed by atoms with Crippen LogP contribution in [0.5, 0.6) is 0 Å². The third kappa shape index (κ3) is 3.85. The standard InChI is InChI=1S/C18H21N7O/c1-3-10-25-12-23-24-15(25)11-22-18(26)14-6-4-13(5-7-14)16-17(19-2)21-9-8-20-16/h4-9,12H,3,10-11H2,1-2H3,(H,19,21)(H,22,26). The van der Waals surface area contributed by atoms with Crippen LogP contribution in [0.15, 0.2) is 43.0 Å². The summed E-state index contributed by atoms with van der Waals surface area (Å²) in [5.74, 6) is 1.28. The number of benzene rings is 1. The number of hydrogen-bond donors (Lipinski definition) is 2. The molecule has 0 radical (unpaired) electrons. The minimum Gasteiger partial charge on any atom is -0.371 e. The van der Waals surface area contributed by atoms with Crippen LogP contribution in [0, 0.1) is 0 Å². The first-order valence-corrected chi connectivity index (χ1v) is 8.47. The lowest BCUT2D eigenvalue weighted by molar-refractivity contribution is 0.0949. The molecule has 8 heteroatoms. The fourth-order valence-corrected chi connectivity index (χ4v) is 2.62. The third-order valence-corrected chi connectivity index (χ3v) is 3.92. The zero-order valence-corrected chi connectivity index (χ0v) is 14.8. The molecule has 0 saturated heterocycles. The van der Waals surface area contributed by atoms with Crippen molar-refractivity contribution in [2.24, 2.45) is 0 Å². The smallest absolute Gasteiger partial charge is 0.251 e. The lowest BCUT2D eigenvalue weighted by Crippen LogP contribution is -2.24. The fraction of sp³-hybridized carbons (Fsp3) is 0.278. The molecular formula is C18H21N7O. The normalized spacial score (nSPS) is 10.5. The van der Waals surface area contributed by atoms with Gasteiger partial charge in [-0.3, -0.25) is 9.78 Å². The number of aromatic nitrogens is 5. The van der Waals surface area contributed by atoms with Crippen molar-refractivity contribution in [3.63, 3.8) is 0 Å². The van der Waals surface area contributed by atoms with Crippen LogP contribution in [0.4, 0.5) is 5.82 Å². The maximum atomic E-state index is 12.4. The number of hydrogen-bond acceptors (Lipinski definition) is 6. The first-order chi connectivity index (χ1) is 12.7. The number of anilines is 1. The number of aryl methyl sites for hydroxylation is 1. The number of nitrogens with one attached hydrogen (secondary N) is 2. The fourth-order valence-electron chi connectivity index (χ4n) is 2.62. The van der Waals surface area contributed by atoms with Gasteiger partial charge in [0.15, 0.2) is 11.6 Å². The topological polar surface area (TPSA) is 97.6 Å². The van der Waals surface area contributed by atoms with Crippen LogP contribution in [0.1, 0.15) is 29.5 Å². The van der Waals surface area contributed by atoms with E-state index in [1.807, 2.05) is 16.7 Å². The summed E-state index contributed by atoms with van der Waals surface area (Å²) >= 11 is 0. The van der Waals surface area contributed by atoms with Gasteiger partial charge < -0.3 is 15.2 Å². The summed E-state index contributed by atoms with van der Waals surface area (Å²) in [7, 11) is 1.80. The molecule has 0 unspecified atom stereocenters. The summed E-state index contributed by atoms with van der Waals surface area (Å²) < 4.78 is 1.94.